The number of carboxylic acids is 1. The molecule has 1 heterocycles. The maximum atomic E-state index is 11.0. The van der Waals surface area contributed by atoms with Crippen molar-refractivity contribution >= 4 is 17.6 Å². The first-order chi connectivity index (χ1) is 8.41. The number of rotatable bonds is 2. The lowest BCUT2D eigenvalue weighted by molar-refractivity contribution is 0.0697. The Morgan fingerprint density at radius 2 is 1.94 bits per heavy atom. The number of nitrogens with zero attached hydrogens (tertiary/aromatic N) is 1. The third-order valence-corrected chi connectivity index (χ3v) is 3.17. The van der Waals surface area contributed by atoms with E-state index in [0.29, 0.717) is 11.4 Å². The fraction of sp³-hybridized carbons (Fsp3) is 0.154. The van der Waals surface area contributed by atoms with Crippen LogP contribution < -0.4 is 0 Å². The highest BCUT2D eigenvalue weighted by Crippen LogP contribution is 2.27. The molecule has 0 radical (unpaired) electrons. The van der Waals surface area contributed by atoms with Crippen molar-refractivity contribution in [1.29, 1.82) is 0 Å². The van der Waals surface area contributed by atoms with Crippen molar-refractivity contribution in [1.82, 2.24) is 4.57 Å². The third-order valence-electron chi connectivity index (χ3n) is 2.84. The van der Waals surface area contributed by atoms with Gasteiger partial charge in [-0.05, 0) is 32.0 Å². The number of aromatic nitrogens is 1. The number of aryl methyl sites for hydroxylation is 1. The molecule has 0 saturated carbocycles. The van der Waals surface area contributed by atoms with Crippen LogP contribution in [0.1, 0.15) is 21.7 Å². The van der Waals surface area contributed by atoms with Crippen LogP contribution in [0.3, 0.4) is 0 Å². The van der Waals surface area contributed by atoms with E-state index in [-0.39, 0.29) is 16.3 Å². The number of halogens is 1. The Balaban J connectivity index is 2.65. The van der Waals surface area contributed by atoms with Gasteiger partial charge in [0.25, 0.3) is 0 Å². The van der Waals surface area contributed by atoms with Gasteiger partial charge in [0.2, 0.25) is 0 Å². The normalized spacial score (nSPS) is 10.6. The van der Waals surface area contributed by atoms with E-state index >= 15 is 0 Å². The zero-order valence-corrected chi connectivity index (χ0v) is 10.7. The van der Waals surface area contributed by atoms with Gasteiger partial charge in [-0.3, -0.25) is 0 Å². The summed E-state index contributed by atoms with van der Waals surface area (Å²) in [6, 6.07) is 6.37. The molecule has 0 aliphatic carbocycles. The molecule has 0 amide bonds. The molecule has 0 bridgehead atoms. The number of aromatic hydroxyl groups is 1. The van der Waals surface area contributed by atoms with Gasteiger partial charge in [0.1, 0.15) is 5.75 Å². The first-order valence-corrected chi connectivity index (χ1v) is 5.70. The van der Waals surface area contributed by atoms with Crippen LogP contribution >= 0.6 is 11.6 Å². The molecule has 5 heteroatoms. The van der Waals surface area contributed by atoms with E-state index < -0.39 is 5.97 Å². The fourth-order valence-corrected chi connectivity index (χ4v) is 2.16. The number of hydrogen-bond donors (Lipinski definition) is 2. The van der Waals surface area contributed by atoms with Crippen LogP contribution in [0.5, 0.6) is 5.75 Å². The minimum absolute atomic E-state index is 0.0427. The van der Waals surface area contributed by atoms with Gasteiger partial charge >= 0.3 is 5.97 Å². The predicted octanol–water partition coefficient (Wildman–Crippen LogP) is 3.15. The molecule has 1 aromatic carbocycles. The topological polar surface area (TPSA) is 62.5 Å². The summed E-state index contributed by atoms with van der Waals surface area (Å²) < 4.78 is 1.78. The maximum absolute atomic E-state index is 11.0. The third kappa shape index (κ3) is 1.95. The molecule has 0 atom stereocenters. The Labute approximate surface area is 109 Å². The van der Waals surface area contributed by atoms with Crippen molar-refractivity contribution in [2.24, 2.45) is 0 Å². The standard InChI is InChI=1S/C13H12ClNO3/c1-7-5-12(16)8(2)15(7)9-3-4-11(14)10(6-9)13(17)18/h3-6,16H,1-2H3,(H,17,18). The molecule has 18 heavy (non-hydrogen) atoms. The average Bonchev–Trinajstić information content (AvgIpc) is 2.54. The first-order valence-electron chi connectivity index (χ1n) is 5.33. The summed E-state index contributed by atoms with van der Waals surface area (Å²) in [7, 11) is 0. The molecule has 1 aromatic heterocycles. The lowest BCUT2D eigenvalue weighted by Gasteiger charge is -2.10. The summed E-state index contributed by atoms with van der Waals surface area (Å²) in [6.45, 7) is 3.60. The zero-order valence-electron chi connectivity index (χ0n) is 9.94. The Morgan fingerprint density at radius 3 is 2.44 bits per heavy atom. The maximum Gasteiger partial charge on any atom is 0.337 e. The van der Waals surface area contributed by atoms with Crippen molar-refractivity contribution in [3.8, 4) is 11.4 Å². The van der Waals surface area contributed by atoms with Crippen LogP contribution in [0.15, 0.2) is 24.3 Å². The molecule has 0 unspecified atom stereocenters. The minimum atomic E-state index is -1.08. The number of hydrogen-bond acceptors (Lipinski definition) is 2. The summed E-state index contributed by atoms with van der Waals surface area (Å²) in [6.07, 6.45) is 0. The highest BCUT2D eigenvalue weighted by molar-refractivity contribution is 6.33. The summed E-state index contributed by atoms with van der Waals surface area (Å²) in [5, 5.41) is 18.9. The Bertz CT molecular complexity index is 631. The van der Waals surface area contributed by atoms with Gasteiger partial charge in [-0.25, -0.2) is 4.79 Å². The molecule has 0 spiro atoms. The minimum Gasteiger partial charge on any atom is -0.506 e. The molecule has 2 N–H and O–H groups in total. The van der Waals surface area contributed by atoms with Gasteiger partial charge in [-0.15, -0.1) is 0 Å². The van der Waals surface area contributed by atoms with Crippen LogP contribution in [0, 0.1) is 13.8 Å². The Morgan fingerprint density at radius 1 is 1.28 bits per heavy atom. The molecule has 2 aromatic rings. The Kier molecular flexibility index (Phi) is 3.05. The lowest BCUT2D eigenvalue weighted by atomic mass is 10.2. The summed E-state index contributed by atoms with van der Waals surface area (Å²) >= 11 is 5.82. The molecule has 94 valence electrons. The molecule has 0 saturated heterocycles. The zero-order chi connectivity index (χ0) is 13.4. The van der Waals surface area contributed by atoms with Crippen molar-refractivity contribution in [3.63, 3.8) is 0 Å². The summed E-state index contributed by atoms with van der Waals surface area (Å²) in [5.41, 5.74) is 2.18. The van der Waals surface area contributed by atoms with Crippen LogP contribution in [0.4, 0.5) is 0 Å². The van der Waals surface area contributed by atoms with Crippen molar-refractivity contribution in [3.05, 3.63) is 46.2 Å². The van der Waals surface area contributed by atoms with Crippen molar-refractivity contribution < 1.29 is 15.0 Å². The molecule has 4 nitrogen and oxygen atoms in total. The van der Waals surface area contributed by atoms with E-state index in [1.54, 1.807) is 23.6 Å². The highest BCUT2D eigenvalue weighted by atomic mass is 35.5. The molecule has 0 fully saturated rings. The van der Waals surface area contributed by atoms with Gasteiger partial charge < -0.3 is 14.8 Å². The van der Waals surface area contributed by atoms with Crippen molar-refractivity contribution in [2.75, 3.05) is 0 Å². The SMILES string of the molecule is Cc1cc(O)c(C)n1-c1ccc(Cl)c(C(=O)O)c1. The van der Waals surface area contributed by atoms with E-state index in [4.69, 9.17) is 16.7 Å². The van der Waals surface area contributed by atoms with Crippen molar-refractivity contribution in [2.45, 2.75) is 13.8 Å². The smallest absolute Gasteiger partial charge is 0.337 e. The van der Waals surface area contributed by atoms with Crippen LogP contribution in [-0.4, -0.2) is 20.7 Å². The summed E-state index contributed by atoms with van der Waals surface area (Å²) in [4.78, 5) is 11.0. The lowest BCUT2D eigenvalue weighted by Crippen LogP contribution is -2.03. The van der Waals surface area contributed by atoms with Crippen LogP contribution in [0.2, 0.25) is 5.02 Å². The second kappa shape index (κ2) is 4.38. The van der Waals surface area contributed by atoms with E-state index in [1.807, 2.05) is 6.92 Å². The van der Waals surface area contributed by atoms with Crippen LogP contribution in [0.25, 0.3) is 5.69 Å². The molecular weight excluding hydrogens is 254 g/mol. The quantitative estimate of drug-likeness (QED) is 0.877. The first kappa shape index (κ1) is 12.5. The Hall–Kier alpha value is -1.94. The van der Waals surface area contributed by atoms with Gasteiger partial charge in [-0.2, -0.15) is 0 Å². The molecule has 2 rings (SSSR count). The van der Waals surface area contributed by atoms with E-state index in [1.165, 1.54) is 12.1 Å². The number of carboxylic acid groups (broad SMARTS) is 1. The van der Waals surface area contributed by atoms with Crippen LogP contribution in [-0.2, 0) is 0 Å². The number of aromatic carboxylic acids is 1. The van der Waals surface area contributed by atoms with Gasteiger partial charge in [-0.1, -0.05) is 11.6 Å². The average molecular weight is 266 g/mol. The molecule has 0 aliphatic heterocycles. The van der Waals surface area contributed by atoms with Gasteiger partial charge in [0.05, 0.1) is 16.3 Å². The second-order valence-electron chi connectivity index (χ2n) is 4.06. The highest BCUT2D eigenvalue weighted by Gasteiger charge is 2.14. The van der Waals surface area contributed by atoms with Gasteiger partial charge in [0.15, 0.2) is 0 Å². The van der Waals surface area contributed by atoms with E-state index in [0.717, 1.165) is 5.69 Å². The number of benzene rings is 1. The monoisotopic (exact) mass is 265 g/mol. The number of carbonyl (C=O) groups is 1. The van der Waals surface area contributed by atoms with Gasteiger partial charge in [0, 0.05) is 17.4 Å². The second-order valence-corrected chi connectivity index (χ2v) is 4.47. The molecule has 0 aliphatic rings. The fourth-order valence-electron chi connectivity index (χ4n) is 1.96. The predicted molar refractivity (Wildman–Crippen MR) is 68.9 cm³/mol. The largest absolute Gasteiger partial charge is 0.506 e. The van der Waals surface area contributed by atoms with E-state index in [9.17, 15) is 9.90 Å². The van der Waals surface area contributed by atoms with E-state index in [2.05, 4.69) is 0 Å². The summed E-state index contributed by atoms with van der Waals surface area (Å²) in [5.74, 6) is -0.896. The molecular formula is C13H12ClNO3.